The number of oxime groups is 2. The van der Waals surface area contributed by atoms with Crippen LogP contribution in [0.3, 0.4) is 0 Å². The molecule has 0 amide bonds. The van der Waals surface area contributed by atoms with E-state index in [9.17, 15) is 19.2 Å². The van der Waals surface area contributed by atoms with Crippen LogP contribution >= 0.6 is 0 Å². The van der Waals surface area contributed by atoms with Crippen LogP contribution in [0.1, 0.15) is 73.6 Å². The fourth-order valence-corrected chi connectivity index (χ4v) is 3.29. The van der Waals surface area contributed by atoms with Crippen LogP contribution in [0.15, 0.2) is 52.8 Å². The van der Waals surface area contributed by atoms with E-state index in [2.05, 4.69) is 22.1 Å². The number of fused-ring (bicyclic) bond motifs is 1. The summed E-state index contributed by atoms with van der Waals surface area (Å²) in [5, 5.41) is 7.17. The second-order valence-electron chi connectivity index (χ2n) is 7.96. The Morgan fingerprint density at radius 3 is 2.25 bits per heavy atom. The number of ether oxygens (including phenoxy) is 2. The molecule has 10 nitrogen and oxygen atoms in total. The van der Waals surface area contributed by atoms with Gasteiger partial charge in [0.25, 0.3) is 5.78 Å². The lowest BCUT2D eigenvalue weighted by Crippen LogP contribution is -2.16. The van der Waals surface area contributed by atoms with Crippen LogP contribution in [0.25, 0.3) is 0 Å². The zero-order valence-corrected chi connectivity index (χ0v) is 20.2. The fraction of sp³-hybridized carbons (Fsp3) is 0.308. The molecule has 1 aliphatic heterocycles. The Bertz CT molecular complexity index is 1210. The average Bonchev–Trinajstić information content (AvgIpc) is 3.17. The molecule has 0 N–H and O–H groups in total. The van der Waals surface area contributed by atoms with Crippen molar-refractivity contribution >= 4 is 35.1 Å². The third kappa shape index (κ3) is 7.08. The van der Waals surface area contributed by atoms with E-state index in [-0.39, 0.29) is 28.7 Å². The molecule has 0 saturated carbocycles. The van der Waals surface area contributed by atoms with E-state index >= 15 is 0 Å². The van der Waals surface area contributed by atoms with E-state index in [1.165, 1.54) is 19.1 Å². The van der Waals surface area contributed by atoms with E-state index in [4.69, 9.17) is 14.3 Å². The largest absolute Gasteiger partial charge is 0.457 e. The van der Waals surface area contributed by atoms with Crippen molar-refractivity contribution in [1.29, 1.82) is 0 Å². The van der Waals surface area contributed by atoms with Gasteiger partial charge in [0.1, 0.15) is 23.0 Å². The van der Waals surface area contributed by atoms with Crippen molar-refractivity contribution in [3.63, 3.8) is 0 Å². The van der Waals surface area contributed by atoms with Crippen LogP contribution in [-0.4, -0.2) is 35.1 Å². The van der Waals surface area contributed by atoms with Gasteiger partial charge in [-0.2, -0.15) is 0 Å². The average molecular weight is 495 g/mol. The lowest BCUT2D eigenvalue weighted by Gasteiger charge is -2.09. The molecule has 1 heterocycles. The Balaban J connectivity index is 1.69. The molecule has 188 valence electrons. The van der Waals surface area contributed by atoms with Crippen molar-refractivity contribution in [2.75, 3.05) is 0 Å². The van der Waals surface area contributed by atoms with Crippen molar-refractivity contribution in [3.05, 3.63) is 53.6 Å². The maximum atomic E-state index is 12.9. The second-order valence-corrected chi connectivity index (χ2v) is 7.96. The molecule has 0 bridgehead atoms. The number of unbranched alkanes of at least 4 members (excludes halogenated alkanes) is 3. The molecule has 36 heavy (non-hydrogen) atoms. The SMILES string of the molecule is CCCCCC/C(=N\OC(C)=O)C(=O)c1ccc(Oc2ccc3c(c2)O/C(=N\OC(C)=O)C3=O)cc1. The van der Waals surface area contributed by atoms with Gasteiger partial charge < -0.3 is 19.1 Å². The number of nitrogens with zero attached hydrogens (tertiary/aromatic N) is 2. The summed E-state index contributed by atoms with van der Waals surface area (Å²) in [4.78, 5) is 56.4. The highest BCUT2D eigenvalue weighted by Crippen LogP contribution is 2.33. The Hall–Kier alpha value is -4.34. The number of carbonyl (C=O) groups is 4. The Morgan fingerprint density at radius 1 is 0.889 bits per heavy atom. The molecule has 3 rings (SSSR count). The molecule has 0 fully saturated rings. The number of benzene rings is 2. The molecular formula is C26H26N2O8. The first-order valence-corrected chi connectivity index (χ1v) is 11.5. The van der Waals surface area contributed by atoms with Crippen LogP contribution in [0.5, 0.6) is 17.2 Å². The third-order valence-electron chi connectivity index (χ3n) is 5.02. The minimum Gasteiger partial charge on any atom is -0.457 e. The number of hydrogen-bond donors (Lipinski definition) is 0. The molecule has 2 aromatic rings. The highest BCUT2D eigenvalue weighted by atomic mass is 16.7. The van der Waals surface area contributed by atoms with Gasteiger partial charge in [-0.15, -0.1) is 0 Å². The molecule has 0 saturated heterocycles. The van der Waals surface area contributed by atoms with Crippen LogP contribution in [0, 0.1) is 0 Å². The number of Topliss-reactive ketones (excluding diaryl/α,β-unsaturated/α-hetero) is 2. The van der Waals surface area contributed by atoms with Crippen molar-refractivity contribution in [1.82, 2.24) is 0 Å². The highest BCUT2D eigenvalue weighted by molar-refractivity contribution is 6.46. The van der Waals surface area contributed by atoms with E-state index in [1.807, 2.05) is 0 Å². The minimum absolute atomic E-state index is 0.182. The van der Waals surface area contributed by atoms with E-state index in [1.54, 1.807) is 30.3 Å². The monoisotopic (exact) mass is 494 g/mol. The quantitative estimate of drug-likeness (QED) is 0.140. The maximum absolute atomic E-state index is 12.9. The Kier molecular flexibility index (Phi) is 9.04. The number of ketones is 2. The molecule has 0 atom stereocenters. The summed E-state index contributed by atoms with van der Waals surface area (Å²) >= 11 is 0. The molecule has 2 aromatic carbocycles. The van der Waals surface area contributed by atoms with Gasteiger partial charge in [-0.05, 0) is 54.4 Å². The van der Waals surface area contributed by atoms with Gasteiger partial charge >= 0.3 is 17.8 Å². The van der Waals surface area contributed by atoms with Gasteiger partial charge in [0.2, 0.25) is 5.78 Å². The molecule has 0 spiro atoms. The van der Waals surface area contributed by atoms with Gasteiger partial charge in [-0.25, -0.2) is 9.59 Å². The van der Waals surface area contributed by atoms with Gasteiger partial charge in [-0.3, -0.25) is 9.59 Å². The minimum atomic E-state index is -0.679. The summed E-state index contributed by atoms with van der Waals surface area (Å²) in [6.45, 7) is 4.47. The van der Waals surface area contributed by atoms with Crippen molar-refractivity contribution in [2.45, 2.75) is 52.9 Å². The van der Waals surface area contributed by atoms with Gasteiger partial charge in [0.05, 0.1) is 5.56 Å². The predicted molar refractivity (Wildman–Crippen MR) is 129 cm³/mol. The first kappa shape index (κ1) is 26.3. The topological polar surface area (TPSA) is 130 Å². The Labute approximate surface area is 207 Å². The smallest absolute Gasteiger partial charge is 0.332 e. The van der Waals surface area contributed by atoms with Crippen molar-refractivity contribution in [2.24, 2.45) is 10.3 Å². The van der Waals surface area contributed by atoms with Gasteiger partial charge in [0.15, 0.2) is 0 Å². The predicted octanol–water partition coefficient (Wildman–Crippen LogP) is 5.00. The molecule has 1 aliphatic rings. The fourth-order valence-electron chi connectivity index (χ4n) is 3.29. The van der Waals surface area contributed by atoms with Crippen molar-refractivity contribution < 1.29 is 38.3 Å². The summed E-state index contributed by atoms with van der Waals surface area (Å²) in [6, 6.07) is 11.0. The first-order chi connectivity index (χ1) is 17.3. The number of carbonyl (C=O) groups excluding carboxylic acids is 4. The van der Waals surface area contributed by atoms with E-state index < -0.39 is 17.7 Å². The molecule has 0 radical (unpaired) electrons. The lowest BCUT2D eigenvalue weighted by molar-refractivity contribution is -0.141. The van der Waals surface area contributed by atoms with Crippen LogP contribution < -0.4 is 9.47 Å². The van der Waals surface area contributed by atoms with Gasteiger partial charge in [0, 0.05) is 25.5 Å². The second kappa shape index (κ2) is 12.4. The van der Waals surface area contributed by atoms with Crippen LogP contribution in [0.4, 0.5) is 0 Å². The van der Waals surface area contributed by atoms with Crippen molar-refractivity contribution in [3.8, 4) is 17.2 Å². The summed E-state index contributed by atoms with van der Waals surface area (Å²) in [5.41, 5.74) is 0.812. The summed E-state index contributed by atoms with van der Waals surface area (Å²) in [5.74, 6) is -1.44. The standard InChI is InChI=1S/C26H26N2O8/c1-4-5-6-7-8-22(27-35-16(2)29)24(31)18-9-11-19(12-10-18)33-20-13-14-21-23(15-20)34-26(25(21)32)28-36-17(3)30/h9-15H,4-8H2,1-3H3/b27-22+,28-26-. The number of rotatable bonds is 11. The maximum Gasteiger partial charge on any atom is 0.332 e. The zero-order valence-electron chi connectivity index (χ0n) is 20.2. The third-order valence-corrected chi connectivity index (χ3v) is 5.02. The number of hydrogen-bond acceptors (Lipinski definition) is 10. The first-order valence-electron chi connectivity index (χ1n) is 11.5. The van der Waals surface area contributed by atoms with E-state index in [0.29, 0.717) is 23.5 Å². The molecule has 0 unspecified atom stereocenters. The summed E-state index contributed by atoms with van der Waals surface area (Å²) in [7, 11) is 0. The summed E-state index contributed by atoms with van der Waals surface area (Å²) in [6.07, 6.45) is 4.21. The molecule has 0 aliphatic carbocycles. The summed E-state index contributed by atoms with van der Waals surface area (Å²) < 4.78 is 11.2. The van der Waals surface area contributed by atoms with Crippen LogP contribution in [-0.2, 0) is 19.3 Å². The molecular weight excluding hydrogens is 468 g/mol. The van der Waals surface area contributed by atoms with Gasteiger partial charge in [-0.1, -0.05) is 31.3 Å². The zero-order chi connectivity index (χ0) is 26.1. The molecule has 0 aromatic heterocycles. The Morgan fingerprint density at radius 2 is 1.58 bits per heavy atom. The van der Waals surface area contributed by atoms with Crippen LogP contribution in [0.2, 0.25) is 0 Å². The highest BCUT2D eigenvalue weighted by Gasteiger charge is 2.30. The molecule has 10 heteroatoms. The normalized spacial score (nSPS) is 13.7. The van der Waals surface area contributed by atoms with E-state index in [0.717, 1.165) is 32.6 Å². The lowest BCUT2D eigenvalue weighted by atomic mass is 10.0.